The molecular weight excluding hydrogens is 435 g/mol. The van der Waals surface area contributed by atoms with Crippen LogP contribution in [-0.4, -0.2) is 31.4 Å². The Morgan fingerprint density at radius 1 is 0.939 bits per heavy atom. The summed E-state index contributed by atoms with van der Waals surface area (Å²) >= 11 is 0. The number of aryl methyl sites for hydroxylation is 2. The number of rotatable bonds is 1. The molecule has 0 spiro atoms. The fraction of sp³-hybridized carbons (Fsp3) is 0.182. The van der Waals surface area contributed by atoms with Gasteiger partial charge in [-0.15, -0.1) is 0 Å². The largest absolute Gasteiger partial charge is 0.503 e. The number of nitrogens with zero attached hydrogens (tertiary/aromatic N) is 3. The maximum absolute atomic E-state index is 11.4. The first-order valence-electron chi connectivity index (χ1n) is 9.63. The molecule has 0 atom stereocenters. The van der Waals surface area contributed by atoms with Gasteiger partial charge in [-0.3, -0.25) is 24.1 Å². The number of aromatic hydroxyl groups is 2. The average molecular weight is 461 g/mol. The summed E-state index contributed by atoms with van der Waals surface area (Å²) in [5.41, 5.74) is 6.48. The second-order valence-corrected chi connectivity index (χ2v) is 6.61. The molecule has 0 aliphatic heterocycles. The highest BCUT2D eigenvalue weighted by Crippen LogP contribution is 2.21. The van der Waals surface area contributed by atoms with Crippen LogP contribution in [0.25, 0.3) is 21.8 Å². The number of non-ortho nitro benzene ring substituents is 1. The van der Waals surface area contributed by atoms with Crippen molar-refractivity contribution in [3.8, 4) is 11.5 Å². The normalized spacial score (nSPS) is 10.2. The Kier molecular flexibility index (Phi) is 8.10. The number of nitrogen functional groups attached to an aromatic ring is 1. The number of nitro benzene ring substituents is 1. The third-order valence-electron chi connectivity index (χ3n) is 4.63. The van der Waals surface area contributed by atoms with Crippen LogP contribution in [-0.2, 0) is 14.1 Å². The Bertz CT molecular complexity index is 1450. The molecule has 11 heteroatoms. The number of pyridine rings is 2. The number of fused-ring (bicyclic) bond motifs is 2. The van der Waals surface area contributed by atoms with Gasteiger partial charge in [0.15, 0.2) is 11.5 Å². The second-order valence-electron chi connectivity index (χ2n) is 6.61. The monoisotopic (exact) mass is 461 g/mol. The molecule has 2 heterocycles. The zero-order chi connectivity index (χ0) is 24.9. The predicted molar refractivity (Wildman–Crippen MR) is 127 cm³/mol. The maximum atomic E-state index is 11.4. The van der Waals surface area contributed by atoms with Gasteiger partial charge in [-0.1, -0.05) is 7.43 Å². The number of nitrogens with two attached hydrogens (primary N) is 1. The minimum absolute atomic E-state index is 0. The van der Waals surface area contributed by atoms with Crippen LogP contribution in [0.4, 0.5) is 15.8 Å². The van der Waals surface area contributed by atoms with Crippen molar-refractivity contribution in [1.29, 1.82) is 0 Å². The lowest BCUT2D eigenvalue weighted by molar-refractivity contribution is -0.384. The molecule has 0 radical (unpaired) electrons. The van der Waals surface area contributed by atoms with Crippen LogP contribution in [0.3, 0.4) is 0 Å². The molecule has 2 aromatic carbocycles. The van der Waals surface area contributed by atoms with E-state index in [0.29, 0.717) is 16.6 Å². The molecule has 10 nitrogen and oxygen atoms in total. The molecule has 176 valence electrons. The minimum atomic E-state index is -1.00. The minimum Gasteiger partial charge on any atom is -0.503 e. The van der Waals surface area contributed by atoms with E-state index in [0.717, 1.165) is 10.9 Å². The van der Waals surface area contributed by atoms with Crippen molar-refractivity contribution in [3.05, 3.63) is 79.4 Å². The van der Waals surface area contributed by atoms with E-state index in [-0.39, 0.29) is 18.9 Å². The summed E-state index contributed by atoms with van der Waals surface area (Å²) in [6.45, 7) is 0. The number of aromatic nitrogens is 2. The summed E-state index contributed by atoms with van der Waals surface area (Å²) in [7, 11) is 2.11. The van der Waals surface area contributed by atoms with Gasteiger partial charge in [0.2, 0.25) is 0 Å². The van der Waals surface area contributed by atoms with Crippen molar-refractivity contribution in [3.63, 3.8) is 0 Å². The zero-order valence-electron chi connectivity index (χ0n) is 18.2. The van der Waals surface area contributed by atoms with Gasteiger partial charge in [-0.25, -0.2) is 0 Å². The molecule has 0 unspecified atom stereocenters. The Labute approximate surface area is 189 Å². The summed E-state index contributed by atoms with van der Waals surface area (Å²) in [4.78, 5) is 32.8. The standard InChI is InChI=1S/C10H8N2O4.C10H10N2O2.CH3F.CH4/c1-11-8-3-2-7(12(15)16)4-6(8)5-9(13)10(11)14;1-12-8-3-2-7(11)4-6(8)5-9(13)10(12)14;1-2;/h2-5,13H,1H3;2-5,13H,11H2,1H3;1H3;1H4/i;;1D;. The third-order valence-corrected chi connectivity index (χ3v) is 4.63. The Morgan fingerprint density at radius 3 is 1.82 bits per heavy atom. The first-order valence-corrected chi connectivity index (χ1v) is 8.92. The van der Waals surface area contributed by atoms with Gasteiger partial charge >= 0.3 is 0 Å². The molecule has 2 aromatic heterocycles. The molecule has 0 aliphatic carbocycles. The second kappa shape index (κ2) is 10.8. The number of hydrogen-bond donors (Lipinski definition) is 3. The summed E-state index contributed by atoms with van der Waals surface area (Å²) in [5, 5.41) is 30.4. The van der Waals surface area contributed by atoms with Crippen LogP contribution in [0.1, 0.15) is 8.80 Å². The Hall–Kier alpha value is -4.41. The van der Waals surface area contributed by atoms with Crippen molar-refractivity contribution in [2.45, 2.75) is 7.43 Å². The van der Waals surface area contributed by atoms with Crippen LogP contribution >= 0.6 is 0 Å². The van der Waals surface area contributed by atoms with Crippen molar-refractivity contribution < 1.29 is 20.9 Å². The molecule has 0 bridgehead atoms. The average Bonchev–Trinajstić information content (AvgIpc) is 2.76. The van der Waals surface area contributed by atoms with E-state index in [2.05, 4.69) is 0 Å². The van der Waals surface area contributed by atoms with E-state index in [4.69, 9.17) is 7.10 Å². The van der Waals surface area contributed by atoms with Crippen LogP contribution in [0, 0.1) is 10.1 Å². The molecule has 0 saturated heterocycles. The number of alkyl halides is 1. The van der Waals surface area contributed by atoms with Crippen molar-refractivity contribution in [1.82, 2.24) is 9.13 Å². The van der Waals surface area contributed by atoms with Crippen molar-refractivity contribution >= 4 is 33.2 Å². The lowest BCUT2D eigenvalue weighted by Crippen LogP contribution is -2.16. The smallest absolute Gasteiger partial charge is 0.292 e. The Morgan fingerprint density at radius 2 is 1.36 bits per heavy atom. The van der Waals surface area contributed by atoms with Crippen LogP contribution in [0.5, 0.6) is 11.5 Å². The SMILES string of the molecule is C.Cn1c(=O)c(O)cc2cc(N)ccc21.Cn1c(=O)c(O)cc2cc([N+](=O)[O-])ccc21.[2H]CF. The van der Waals surface area contributed by atoms with E-state index in [1.165, 1.54) is 46.5 Å². The summed E-state index contributed by atoms with van der Waals surface area (Å²) in [6, 6.07) is 12.0. The van der Waals surface area contributed by atoms with Gasteiger partial charge in [-0.05, 0) is 36.4 Å². The fourth-order valence-electron chi connectivity index (χ4n) is 3.05. The number of halogens is 1. The van der Waals surface area contributed by atoms with E-state index >= 15 is 0 Å². The highest BCUT2D eigenvalue weighted by molar-refractivity contribution is 5.83. The molecule has 4 N–H and O–H groups in total. The molecule has 0 saturated carbocycles. The van der Waals surface area contributed by atoms with E-state index < -0.39 is 28.9 Å². The van der Waals surface area contributed by atoms with Crippen LogP contribution < -0.4 is 16.9 Å². The molecule has 0 aliphatic rings. The lowest BCUT2D eigenvalue weighted by Gasteiger charge is -2.05. The summed E-state index contributed by atoms with van der Waals surface area (Å²) < 4.78 is 18.1. The first-order chi connectivity index (χ1) is 15.5. The van der Waals surface area contributed by atoms with Gasteiger partial charge < -0.3 is 25.1 Å². The number of hydrogen-bond acceptors (Lipinski definition) is 7. The van der Waals surface area contributed by atoms with E-state index in [1.807, 2.05) is 0 Å². The molecular formula is C22H25FN4O6. The van der Waals surface area contributed by atoms with Gasteiger partial charge in [0.05, 0.1) is 24.5 Å². The molecule has 0 amide bonds. The zero-order valence-corrected chi connectivity index (χ0v) is 17.2. The lowest BCUT2D eigenvalue weighted by atomic mass is 10.2. The molecule has 4 rings (SSSR count). The number of anilines is 1. The Balaban J connectivity index is 0.000000299. The quantitative estimate of drug-likeness (QED) is 0.223. The van der Waals surface area contributed by atoms with Crippen molar-refractivity contribution in [2.75, 3.05) is 12.9 Å². The van der Waals surface area contributed by atoms with E-state index in [9.17, 15) is 34.3 Å². The highest BCUT2D eigenvalue weighted by Gasteiger charge is 2.10. The van der Waals surface area contributed by atoms with Gasteiger partial charge in [0, 0.05) is 42.7 Å². The molecule has 0 fully saturated rings. The van der Waals surface area contributed by atoms with Gasteiger partial charge in [0.25, 0.3) is 16.8 Å². The highest BCUT2D eigenvalue weighted by atomic mass is 19.1. The van der Waals surface area contributed by atoms with E-state index in [1.54, 1.807) is 25.2 Å². The third kappa shape index (κ3) is 5.45. The summed E-state index contributed by atoms with van der Waals surface area (Å²) in [5.74, 6) is -0.680. The summed E-state index contributed by atoms with van der Waals surface area (Å²) in [6.07, 6.45) is 0. The number of nitro groups is 1. The van der Waals surface area contributed by atoms with Gasteiger partial charge in [-0.2, -0.15) is 0 Å². The number of benzene rings is 2. The van der Waals surface area contributed by atoms with Crippen molar-refractivity contribution in [2.24, 2.45) is 14.1 Å². The molecule has 33 heavy (non-hydrogen) atoms. The first kappa shape index (κ1) is 24.9. The topological polar surface area (TPSA) is 154 Å². The van der Waals surface area contributed by atoms with Crippen LogP contribution in [0.2, 0.25) is 0 Å². The van der Waals surface area contributed by atoms with Crippen LogP contribution in [0.15, 0.2) is 58.1 Å². The maximum Gasteiger partial charge on any atom is 0.292 e. The predicted octanol–water partition coefficient (Wildman–Crippen LogP) is 3.20. The van der Waals surface area contributed by atoms with Gasteiger partial charge in [0.1, 0.15) is 0 Å². The fourth-order valence-corrected chi connectivity index (χ4v) is 3.05. The molecule has 4 aromatic rings.